The van der Waals surface area contributed by atoms with Crippen LogP contribution in [-0.2, 0) is 13.0 Å². The molecule has 3 rings (SSSR count). The van der Waals surface area contributed by atoms with Gasteiger partial charge in [0.1, 0.15) is 11.1 Å². The average Bonchev–Trinajstić information content (AvgIpc) is 2.97. The van der Waals surface area contributed by atoms with Crippen LogP contribution in [0.4, 0.5) is 5.00 Å². The second-order valence-corrected chi connectivity index (χ2v) is 7.83. The Morgan fingerprint density at radius 3 is 2.46 bits per heavy atom. The van der Waals surface area contributed by atoms with Crippen LogP contribution in [0.3, 0.4) is 0 Å². The molecule has 0 unspecified atom stereocenters. The number of carbonyl (C=O) groups is 2. The Kier molecular flexibility index (Phi) is 5.21. The van der Waals surface area contributed by atoms with Crippen LogP contribution in [0.1, 0.15) is 57.5 Å². The Morgan fingerprint density at radius 2 is 1.88 bits per heavy atom. The van der Waals surface area contributed by atoms with Crippen molar-refractivity contribution >= 4 is 28.0 Å². The molecule has 2 aromatic rings. The van der Waals surface area contributed by atoms with Crippen LogP contribution in [-0.4, -0.2) is 29.2 Å². The van der Waals surface area contributed by atoms with Crippen molar-refractivity contribution in [2.45, 2.75) is 39.8 Å². The van der Waals surface area contributed by atoms with E-state index in [0.717, 1.165) is 30.0 Å². The van der Waals surface area contributed by atoms with Crippen molar-refractivity contribution in [3.63, 3.8) is 0 Å². The van der Waals surface area contributed by atoms with Gasteiger partial charge < -0.3 is 5.32 Å². The van der Waals surface area contributed by atoms with E-state index in [1.54, 1.807) is 24.3 Å². The van der Waals surface area contributed by atoms with Gasteiger partial charge >= 0.3 is 0 Å². The lowest BCUT2D eigenvalue weighted by molar-refractivity contribution is 0.101. The molecule has 0 spiro atoms. The summed E-state index contributed by atoms with van der Waals surface area (Å²) in [4.78, 5) is 27.4. The molecule has 1 aliphatic rings. The molecule has 5 nitrogen and oxygen atoms in total. The lowest BCUT2D eigenvalue weighted by Crippen LogP contribution is -2.35. The molecule has 1 amide bonds. The topological polar surface area (TPSA) is 73.2 Å². The third-order valence-electron chi connectivity index (χ3n) is 4.71. The highest BCUT2D eigenvalue weighted by atomic mass is 32.1. The van der Waals surface area contributed by atoms with Gasteiger partial charge in [-0.3, -0.25) is 14.5 Å². The number of amides is 1. The summed E-state index contributed by atoms with van der Waals surface area (Å²) in [7, 11) is 0. The first-order valence-electron chi connectivity index (χ1n) is 8.61. The first kappa shape index (κ1) is 18.3. The number of carbonyl (C=O) groups excluding carboxylic acids is 2. The van der Waals surface area contributed by atoms with Gasteiger partial charge in [0.05, 0.1) is 5.56 Å². The quantitative estimate of drug-likeness (QED) is 0.833. The number of hydrogen-bond acceptors (Lipinski definition) is 5. The number of Topliss-reactive ketones (excluding diaryl/α,β-unsaturated/α-hetero) is 1. The summed E-state index contributed by atoms with van der Waals surface area (Å²) in [5, 5.41) is 13.1. The highest BCUT2D eigenvalue weighted by Gasteiger charge is 2.26. The van der Waals surface area contributed by atoms with E-state index in [9.17, 15) is 14.9 Å². The third-order valence-corrected chi connectivity index (χ3v) is 5.84. The molecule has 2 heterocycles. The summed E-state index contributed by atoms with van der Waals surface area (Å²) in [6.45, 7) is 7.56. The molecule has 1 aliphatic heterocycles. The highest BCUT2D eigenvalue weighted by Crippen LogP contribution is 2.37. The SMILES string of the molecule is CC(=O)c1ccc(C(=O)Nc2sc3c(c2C#N)CCN(C(C)C)C3)cc1. The fourth-order valence-electron chi connectivity index (χ4n) is 3.10. The molecule has 26 heavy (non-hydrogen) atoms. The zero-order chi connectivity index (χ0) is 18.8. The minimum atomic E-state index is -0.268. The van der Waals surface area contributed by atoms with Crippen molar-refractivity contribution in [2.75, 3.05) is 11.9 Å². The predicted octanol–water partition coefficient (Wildman–Crippen LogP) is 3.84. The number of ketones is 1. The molecule has 6 heteroatoms. The van der Waals surface area contributed by atoms with Crippen LogP contribution >= 0.6 is 11.3 Å². The van der Waals surface area contributed by atoms with Crippen LogP contribution in [0.25, 0.3) is 0 Å². The van der Waals surface area contributed by atoms with Gasteiger partial charge in [0.2, 0.25) is 0 Å². The van der Waals surface area contributed by atoms with E-state index in [2.05, 4.69) is 30.1 Å². The third kappa shape index (κ3) is 3.55. The van der Waals surface area contributed by atoms with E-state index < -0.39 is 0 Å². The summed E-state index contributed by atoms with van der Waals surface area (Å²) in [6.07, 6.45) is 0.829. The molecule has 1 aromatic carbocycles. The molecule has 0 aliphatic carbocycles. The Hall–Kier alpha value is -2.49. The Bertz CT molecular complexity index is 891. The van der Waals surface area contributed by atoms with Gasteiger partial charge in [-0.25, -0.2) is 0 Å². The highest BCUT2D eigenvalue weighted by molar-refractivity contribution is 7.16. The fourth-order valence-corrected chi connectivity index (χ4v) is 4.32. The lowest BCUT2D eigenvalue weighted by atomic mass is 10.0. The molecule has 0 atom stereocenters. The van der Waals surface area contributed by atoms with E-state index >= 15 is 0 Å². The van der Waals surface area contributed by atoms with E-state index in [0.29, 0.717) is 27.7 Å². The monoisotopic (exact) mass is 367 g/mol. The van der Waals surface area contributed by atoms with E-state index in [4.69, 9.17) is 0 Å². The molecule has 0 bridgehead atoms. The summed E-state index contributed by atoms with van der Waals surface area (Å²) in [5.74, 6) is -0.305. The Balaban J connectivity index is 1.83. The van der Waals surface area contributed by atoms with Gasteiger partial charge in [-0.1, -0.05) is 12.1 Å². The van der Waals surface area contributed by atoms with Crippen molar-refractivity contribution in [1.82, 2.24) is 4.90 Å². The smallest absolute Gasteiger partial charge is 0.256 e. The summed E-state index contributed by atoms with van der Waals surface area (Å²) in [6, 6.07) is 9.26. The van der Waals surface area contributed by atoms with Crippen molar-refractivity contribution in [2.24, 2.45) is 0 Å². The molecule has 0 saturated carbocycles. The van der Waals surface area contributed by atoms with E-state index in [1.807, 2.05) is 0 Å². The van der Waals surface area contributed by atoms with Gasteiger partial charge in [-0.15, -0.1) is 11.3 Å². The number of nitrogens with zero attached hydrogens (tertiary/aromatic N) is 2. The first-order chi connectivity index (χ1) is 12.4. The number of anilines is 1. The Labute approximate surface area is 157 Å². The maximum atomic E-state index is 12.5. The minimum Gasteiger partial charge on any atom is -0.312 e. The van der Waals surface area contributed by atoms with Gasteiger partial charge in [-0.2, -0.15) is 5.26 Å². The van der Waals surface area contributed by atoms with Crippen molar-refractivity contribution < 1.29 is 9.59 Å². The molecule has 1 aromatic heterocycles. The van der Waals surface area contributed by atoms with Crippen molar-refractivity contribution in [3.8, 4) is 6.07 Å². The van der Waals surface area contributed by atoms with E-state index in [1.165, 1.54) is 18.3 Å². The molecule has 0 radical (unpaired) electrons. The maximum absolute atomic E-state index is 12.5. The molecular formula is C20H21N3O2S. The van der Waals surface area contributed by atoms with Crippen LogP contribution in [0.2, 0.25) is 0 Å². The number of hydrogen-bond donors (Lipinski definition) is 1. The number of nitriles is 1. The lowest BCUT2D eigenvalue weighted by Gasteiger charge is -2.30. The van der Waals surface area contributed by atoms with Gasteiger partial charge in [-0.05, 0) is 44.9 Å². The number of rotatable bonds is 4. The van der Waals surface area contributed by atoms with Crippen molar-refractivity contribution in [3.05, 3.63) is 51.4 Å². The molecule has 134 valence electrons. The van der Waals surface area contributed by atoms with Gasteiger partial charge in [0.25, 0.3) is 5.91 Å². The summed E-state index contributed by atoms with van der Waals surface area (Å²) < 4.78 is 0. The summed E-state index contributed by atoms with van der Waals surface area (Å²) in [5.41, 5.74) is 2.69. The van der Waals surface area contributed by atoms with Crippen LogP contribution in [0.5, 0.6) is 0 Å². The number of nitrogens with one attached hydrogen (secondary N) is 1. The van der Waals surface area contributed by atoms with Crippen LogP contribution in [0.15, 0.2) is 24.3 Å². The fraction of sp³-hybridized carbons (Fsp3) is 0.350. The van der Waals surface area contributed by atoms with Gasteiger partial charge in [0.15, 0.2) is 5.78 Å². The number of fused-ring (bicyclic) bond motifs is 1. The normalized spacial score (nSPS) is 14.0. The summed E-state index contributed by atoms with van der Waals surface area (Å²) >= 11 is 1.49. The number of benzene rings is 1. The largest absolute Gasteiger partial charge is 0.312 e. The molecule has 0 fully saturated rings. The zero-order valence-corrected chi connectivity index (χ0v) is 15.9. The van der Waals surface area contributed by atoms with Crippen molar-refractivity contribution in [1.29, 1.82) is 5.26 Å². The molecule has 1 N–H and O–H groups in total. The second-order valence-electron chi connectivity index (χ2n) is 6.72. The minimum absolute atomic E-state index is 0.0376. The van der Waals surface area contributed by atoms with Crippen LogP contribution < -0.4 is 5.32 Å². The standard InChI is InChI=1S/C20H21N3O2S/c1-12(2)23-9-8-16-17(10-21)20(26-18(16)11-23)22-19(25)15-6-4-14(5-7-15)13(3)24/h4-7,12H,8-9,11H2,1-3H3,(H,22,25). The number of thiophene rings is 1. The molecular weight excluding hydrogens is 346 g/mol. The zero-order valence-electron chi connectivity index (χ0n) is 15.1. The average molecular weight is 367 g/mol. The predicted molar refractivity (Wildman–Crippen MR) is 103 cm³/mol. The van der Waals surface area contributed by atoms with E-state index in [-0.39, 0.29) is 11.7 Å². The first-order valence-corrected chi connectivity index (χ1v) is 9.43. The van der Waals surface area contributed by atoms with Crippen LogP contribution in [0, 0.1) is 11.3 Å². The Morgan fingerprint density at radius 1 is 1.23 bits per heavy atom. The maximum Gasteiger partial charge on any atom is 0.256 e. The van der Waals surface area contributed by atoms with Gasteiger partial charge in [0, 0.05) is 35.1 Å². The second kappa shape index (κ2) is 7.40. The molecule has 0 saturated heterocycles.